The highest BCUT2D eigenvalue weighted by molar-refractivity contribution is 5.64. The number of ether oxygens (including phenoxy) is 1. The molecule has 3 nitrogen and oxygen atoms in total. The van der Waals surface area contributed by atoms with Crippen LogP contribution in [0, 0.1) is 17.2 Å². The first-order valence-electron chi connectivity index (χ1n) is 6.57. The minimum Gasteiger partial charge on any atom is -0.493 e. The predicted molar refractivity (Wildman–Crippen MR) is 78.3 cm³/mol. The molecule has 0 heterocycles. The lowest BCUT2D eigenvalue weighted by atomic mass is 10.0. The highest BCUT2D eigenvalue weighted by Crippen LogP contribution is 2.23. The number of aliphatic hydroxyl groups is 1. The van der Waals surface area contributed by atoms with Crippen molar-refractivity contribution in [3.8, 4) is 22.9 Å². The molecule has 0 aliphatic rings. The molecule has 1 N–H and O–H groups in total. The van der Waals surface area contributed by atoms with Gasteiger partial charge in [-0.15, -0.1) is 0 Å². The molecule has 0 aliphatic heterocycles. The standard InChI is InChI=1S/C17H17NO2/c1-13(11-19)12-20-17-8-6-16(7-9-17)15-4-2-14(10-18)3-5-15/h2-9,13,19H,11-12H2,1H3. The number of benzene rings is 2. The van der Waals surface area contributed by atoms with Crippen molar-refractivity contribution >= 4 is 0 Å². The van der Waals surface area contributed by atoms with Gasteiger partial charge in [0.2, 0.25) is 0 Å². The van der Waals surface area contributed by atoms with Crippen LogP contribution >= 0.6 is 0 Å². The van der Waals surface area contributed by atoms with Crippen LogP contribution in [0.25, 0.3) is 11.1 Å². The summed E-state index contributed by atoms with van der Waals surface area (Å²) < 4.78 is 5.58. The maximum absolute atomic E-state index is 8.95. The van der Waals surface area contributed by atoms with Gasteiger partial charge in [-0.1, -0.05) is 31.2 Å². The van der Waals surface area contributed by atoms with Crippen LogP contribution in [0.5, 0.6) is 5.75 Å². The third kappa shape index (κ3) is 3.59. The highest BCUT2D eigenvalue weighted by Gasteiger charge is 2.02. The maximum atomic E-state index is 8.95. The van der Waals surface area contributed by atoms with E-state index in [0.29, 0.717) is 12.2 Å². The number of aliphatic hydroxyl groups excluding tert-OH is 1. The molecule has 20 heavy (non-hydrogen) atoms. The van der Waals surface area contributed by atoms with Crippen molar-refractivity contribution in [2.75, 3.05) is 13.2 Å². The van der Waals surface area contributed by atoms with Crippen LogP contribution in [0.4, 0.5) is 0 Å². The Morgan fingerprint density at radius 2 is 1.60 bits per heavy atom. The SMILES string of the molecule is CC(CO)COc1ccc(-c2ccc(C#N)cc2)cc1. The van der Waals surface area contributed by atoms with Gasteiger partial charge in [0.1, 0.15) is 5.75 Å². The Kier molecular flexibility index (Phi) is 4.75. The molecule has 2 rings (SSSR count). The van der Waals surface area contributed by atoms with E-state index in [1.165, 1.54) is 0 Å². The van der Waals surface area contributed by atoms with E-state index in [9.17, 15) is 0 Å². The molecule has 102 valence electrons. The van der Waals surface area contributed by atoms with Crippen molar-refractivity contribution in [2.24, 2.45) is 5.92 Å². The molecule has 0 aliphatic carbocycles. The van der Waals surface area contributed by atoms with Gasteiger partial charge >= 0.3 is 0 Å². The Bertz CT molecular complexity index is 582. The molecule has 2 aromatic rings. The number of hydrogen-bond donors (Lipinski definition) is 1. The van der Waals surface area contributed by atoms with Crippen LogP contribution in [-0.2, 0) is 0 Å². The zero-order chi connectivity index (χ0) is 14.4. The third-order valence-corrected chi connectivity index (χ3v) is 3.05. The molecule has 0 amide bonds. The fraction of sp³-hybridized carbons (Fsp3) is 0.235. The van der Waals surface area contributed by atoms with Gasteiger partial charge in [-0.3, -0.25) is 0 Å². The van der Waals surface area contributed by atoms with E-state index < -0.39 is 0 Å². The average Bonchev–Trinajstić information content (AvgIpc) is 2.53. The van der Waals surface area contributed by atoms with Gasteiger partial charge in [0.15, 0.2) is 0 Å². The Hall–Kier alpha value is -2.31. The van der Waals surface area contributed by atoms with Crippen LogP contribution < -0.4 is 4.74 Å². The molecule has 0 saturated carbocycles. The van der Waals surface area contributed by atoms with Gasteiger partial charge < -0.3 is 9.84 Å². The molecule has 0 bridgehead atoms. The van der Waals surface area contributed by atoms with Crippen LogP contribution in [-0.4, -0.2) is 18.3 Å². The first-order valence-corrected chi connectivity index (χ1v) is 6.57. The lowest BCUT2D eigenvalue weighted by Crippen LogP contribution is -2.11. The summed E-state index contributed by atoms with van der Waals surface area (Å²) in [6, 6.07) is 17.4. The Labute approximate surface area is 119 Å². The van der Waals surface area contributed by atoms with Crippen LogP contribution in [0.1, 0.15) is 12.5 Å². The fourth-order valence-electron chi connectivity index (χ4n) is 1.77. The zero-order valence-electron chi connectivity index (χ0n) is 11.4. The normalized spacial score (nSPS) is 11.7. The molecule has 1 atom stereocenters. The second kappa shape index (κ2) is 6.74. The topological polar surface area (TPSA) is 53.2 Å². The second-order valence-electron chi connectivity index (χ2n) is 4.81. The molecule has 0 spiro atoms. The third-order valence-electron chi connectivity index (χ3n) is 3.05. The van der Waals surface area contributed by atoms with E-state index in [1.54, 1.807) is 0 Å². The Morgan fingerprint density at radius 1 is 1.05 bits per heavy atom. The zero-order valence-corrected chi connectivity index (χ0v) is 11.4. The molecule has 0 aromatic heterocycles. The van der Waals surface area contributed by atoms with Gasteiger partial charge in [0.25, 0.3) is 0 Å². The summed E-state index contributed by atoms with van der Waals surface area (Å²) in [5.74, 6) is 0.927. The molecule has 3 heteroatoms. The molecular weight excluding hydrogens is 250 g/mol. The molecule has 0 saturated heterocycles. The maximum Gasteiger partial charge on any atom is 0.119 e. The Balaban J connectivity index is 2.05. The number of hydrogen-bond acceptors (Lipinski definition) is 3. The van der Waals surface area contributed by atoms with Crippen LogP contribution in [0.3, 0.4) is 0 Å². The summed E-state index contributed by atoms with van der Waals surface area (Å²) in [4.78, 5) is 0. The fourth-order valence-corrected chi connectivity index (χ4v) is 1.77. The van der Waals surface area contributed by atoms with Crippen molar-refractivity contribution < 1.29 is 9.84 Å². The first-order chi connectivity index (χ1) is 9.72. The number of nitrogens with zero attached hydrogens (tertiary/aromatic N) is 1. The quantitative estimate of drug-likeness (QED) is 0.904. The summed E-state index contributed by atoms with van der Waals surface area (Å²) in [6.45, 7) is 2.57. The van der Waals surface area contributed by atoms with Crippen LogP contribution in [0.2, 0.25) is 0 Å². The molecule has 1 unspecified atom stereocenters. The van der Waals surface area contributed by atoms with Crippen molar-refractivity contribution in [1.29, 1.82) is 5.26 Å². The van der Waals surface area contributed by atoms with E-state index in [2.05, 4.69) is 6.07 Å². The minimum absolute atomic E-state index is 0.128. The van der Waals surface area contributed by atoms with Crippen molar-refractivity contribution in [3.63, 3.8) is 0 Å². The molecule has 0 radical (unpaired) electrons. The molecule has 2 aromatic carbocycles. The lowest BCUT2D eigenvalue weighted by molar-refractivity contribution is 0.174. The number of rotatable bonds is 5. The van der Waals surface area contributed by atoms with Crippen molar-refractivity contribution in [3.05, 3.63) is 54.1 Å². The largest absolute Gasteiger partial charge is 0.493 e. The van der Waals surface area contributed by atoms with Crippen LogP contribution in [0.15, 0.2) is 48.5 Å². The van der Waals surface area contributed by atoms with E-state index in [1.807, 2.05) is 55.5 Å². The lowest BCUT2D eigenvalue weighted by Gasteiger charge is -2.11. The summed E-state index contributed by atoms with van der Waals surface area (Å²) in [5, 5.41) is 17.7. The van der Waals surface area contributed by atoms with Crippen molar-refractivity contribution in [1.82, 2.24) is 0 Å². The summed E-state index contributed by atoms with van der Waals surface area (Å²) >= 11 is 0. The first kappa shape index (κ1) is 14.1. The van der Waals surface area contributed by atoms with E-state index in [4.69, 9.17) is 15.1 Å². The van der Waals surface area contributed by atoms with E-state index in [0.717, 1.165) is 16.9 Å². The number of nitriles is 1. The molecule has 0 fully saturated rings. The highest BCUT2D eigenvalue weighted by atomic mass is 16.5. The second-order valence-corrected chi connectivity index (χ2v) is 4.81. The summed E-state index contributed by atoms with van der Waals surface area (Å²) in [5.41, 5.74) is 2.81. The van der Waals surface area contributed by atoms with Gasteiger partial charge in [-0.25, -0.2) is 0 Å². The predicted octanol–water partition coefficient (Wildman–Crippen LogP) is 3.23. The monoisotopic (exact) mass is 267 g/mol. The van der Waals surface area contributed by atoms with Crippen molar-refractivity contribution in [2.45, 2.75) is 6.92 Å². The van der Waals surface area contributed by atoms with Gasteiger partial charge in [0, 0.05) is 12.5 Å². The molecular formula is C17H17NO2. The van der Waals surface area contributed by atoms with E-state index in [-0.39, 0.29) is 12.5 Å². The van der Waals surface area contributed by atoms with Gasteiger partial charge in [0.05, 0.1) is 18.2 Å². The summed E-state index contributed by atoms with van der Waals surface area (Å²) in [6.07, 6.45) is 0. The van der Waals surface area contributed by atoms with E-state index >= 15 is 0 Å². The average molecular weight is 267 g/mol. The van der Waals surface area contributed by atoms with Gasteiger partial charge in [-0.2, -0.15) is 5.26 Å². The minimum atomic E-state index is 0.128. The Morgan fingerprint density at radius 3 is 2.10 bits per heavy atom. The smallest absolute Gasteiger partial charge is 0.119 e. The van der Waals surface area contributed by atoms with Gasteiger partial charge in [-0.05, 0) is 35.4 Å². The summed E-state index contributed by atoms with van der Waals surface area (Å²) in [7, 11) is 0.